The van der Waals surface area contributed by atoms with E-state index in [1.165, 1.54) is 0 Å². The molecular weight excluding hydrogens is 436 g/mol. The Morgan fingerprint density at radius 3 is 2.25 bits per heavy atom. The Hall–Kier alpha value is -1.85. The van der Waals surface area contributed by atoms with Crippen LogP contribution in [0.4, 0.5) is 0 Å². The lowest BCUT2D eigenvalue weighted by atomic mass is 10.0. The first kappa shape index (κ1) is 23.3. The topological polar surface area (TPSA) is 89.5 Å². The Morgan fingerprint density at radius 2 is 1.59 bits per heavy atom. The molecule has 32 heavy (non-hydrogen) atoms. The van der Waals surface area contributed by atoms with Crippen LogP contribution in [0.2, 0.25) is 0 Å². The molecule has 4 atom stereocenters. The standard InChI is InChI=1S/C23H28O8S/c1-23(2)29-20-16-28-32(24,25)31-22(21(20)30-23)19(27-14-18-11-7-4-8-12-18)15-26-13-17-9-5-3-6-10-17/h3-12,19-22H,13-16H2,1-2H3. The van der Waals surface area contributed by atoms with Crippen molar-refractivity contribution >= 4 is 10.4 Å². The van der Waals surface area contributed by atoms with E-state index in [0.29, 0.717) is 6.61 Å². The first-order chi connectivity index (χ1) is 15.3. The van der Waals surface area contributed by atoms with Crippen molar-refractivity contribution in [3.8, 4) is 0 Å². The number of hydrogen-bond acceptors (Lipinski definition) is 8. The minimum absolute atomic E-state index is 0.0922. The van der Waals surface area contributed by atoms with E-state index in [4.69, 9.17) is 27.3 Å². The molecule has 9 heteroatoms. The zero-order valence-electron chi connectivity index (χ0n) is 18.1. The molecule has 2 aromatic carbocycles. The second-order valence-corrected chi connectivity index (χ2v) is 9.47. The lowest BCUT2D eigenvalue weighted by Gasteiger charge is -2.30. The van der Waals surface area contributed by atoms with E-state index in [9.17, 15) is 8.42 Å². The average molecular weight is 465 g/mol. The molecule has 0 N–H and O–H groups in total. The van der Waals surface area contributed by atoms with Gasteiger partial charge in [0.05, 0.1) is 26.4 Å². The summed E-state index contributed by atoms with van der Waals surface area (Å²) >= 11 is 0. The number of benzene rings is 2. The van der Waals surface area contributed by atoms with E-state index in [0.717, 1.165) is 11.1 Å². The average Bonchev–Trinajstić information content (AvgIpc) is 3.03. The molecule has 2 fully saturated rings. The maximum Gasteiger partial charge on any atom is 0.400 e. The molecule has 0 spiro atoms. The van der Waals surface area contributed by atoms with E-state index in [2.05, 4.69) is 0 Å². The second-order valence-electron chi connectivity index (χ2n) is 8.23. The summed E-state index contributed by atoms with van der Waals surface area (Å²) in [5, 5.41) is 0. The Morgan fingerprint density at radius 1 is 0.969 bits per heavy atom. The van der Waals surface area contributed by atoms with E-state index in [1.807, 2.05) is 60.7 Å². The second kappa shape index (κ2) is 9.96. The van der Waals surface area contributed by atoms with Gasteiger partial charge in [-0.2, -0.15) is 8.42 Å². The molecule has 0 radical (unpaired) electrons. The summed E-state index contributed by atoms with van der Waals surface area (Å²) in [6, 6.07) is 19.3. The maximum absolute atomic E-state index is 12.3. The summed E-state index contributed by atoms with van der Waals surface area (Å²) < 4.78 is 58.8. The van der Waals surface area contributed by atoms with Gasteiger partial charge in [0.1, 0.15) is 24.4 Å². The molecule has 0 bridgehead atoms. The van der Waals surface area contributed by atoms with E-state index in [1.54, 1.807) is 13.8 Å². The lowest BCUT2D eigenvalue weighted by molar-refractivity contribution is -0.171. The molecule has 0 amide bonds. The predicted molar refractivity (Wildman–Crippen MR) is 115 cm³/mol. The number of ether oxygens (including phenoxy) is 4. The molecule has 0 aliphatic carbocycles. The van der Waals surface area contributed by atoms with Crippen molar-refractivity contribution in [2.45, 2.75) is 57.3 Å². The van der Waals surface area contributed by atoms with Gasteiger partial charge >= 0.3 is 10.4 Å². The summed E-state index contributed by atoms with van der Waals surface area (Å²) in [6.45, 7) is 4.03. The summed E-state index contributed by atoms with van der Waals surface area (Å²) in [5.41, 5.74) is 1.93. The molecule has 4 rings (SSSR count). The first-order valence-electron chi connectivity index (χ1n) is 10.5. The fourth-order valence-corrected chi connectivity index (χ4v) is 4.66. The third kappa shape index (κ3) is 6.14. The van der Waals surface area contributed by atoms with Crippen molar-refractivity contribution in [3.63, 3.8) is 0 Å². The zero-order chi connectivity index (χ0) is 22.6. The van der Waals surface area contributed by atoms with Crippen LogP contribution in [0.25, 0.3) is 0 Å². The number of hydrogen-bond donors (Lipinski definition) is 0. The molecule has 0 aromatic heterocycles. The molecule has 2 heterocycles. The van der Waals surface area contributed by atoms with Crippen molar-refractivity contribution in [1.29, 1.82) is 0 Å². The van der Waals surface area contributed by atoms with Gasteiger partial charge in [0.15, 0.2) is 5.79 Å². The highest BCUT2D eigenvalue weighted by molar-refractivity contribution is 7.81. The lowest BCUT2D eigenvalue weighted by Crippen LogP contribution is -2.47. The van der Waals surface area contributed by atoms with Crippen LogP contribution >= 0.6 is 0 Å². The van der Waals surface area contributed by atoms with Gasteiger partial charge in [-0.25, -0.2) is 8.37 Å². The minimum Gasteiger partial charge on any atom is -0.374 e. The third-order valence-electron chi connectivity index (χ3n) is 5.22. The SMILES string of the molecule is CC1(C)OC2COS(=O)(=O)OC(C(COCc3ccccc3)OCc3ccccc3)C2O1. The third-order valence-corrected chi connectivity index (χ3v) is 6.10. The van der Waals surface area contributed by atoms with Gasteiger partial charge in [-0.1, -0.05) is 60.7 Å². The van der Waals surface area contributed by atoms with Gasteiger partial charge in [-0.3, -0.25) is 0 Å². The van der Waals surface area contributed by atoms with Crippen molar-refractivity contribution in [3.05, 3.63) is 71.8 Å². The molecule has 0 saturated carbocycles. The van der Waals surface area contributed by atoms with Crippen LogP contribution < -0.4 is 0 Å². The monoisotopic (exact) mass is 464 g/mol. The molecule has 2 saturated heterocycles. The highest BCUT2D eigenvalue weighted by atomic mass is 32.3. The van der Waals surface area contributed by atoms with Gasteiger partial charge in [0.2, 0.25) is 0 Å². The molecule has 2 aliphatic heterocycles. The fraction of sp³-hybridized carbons (Fsp3) is 0.478. The highest BCUT2D eigenvalue weighted by Gasteiger charge is 2.52. The quantitative estimate of drug-likeness (QED) is 0.589. The Bertz CT molecular complexity index is 964. The van der Waals surface area contributed by atoms with Crippen LogP contribution in [0.3, 0.4) is 0 Å². The molecular formula is C23H28O8S. The van der Waals surface area contributed by atoms with Gasteiger partial charge in [0, 0.05) is 0 Å². The predicted octanol–water partition coefficient (Wildman–Crippen LogP) is 2.97. The van der Waals surface area contributed by atoms with Crippen LogP contribution in [0.1, 0.15) is 25.0 Å². The Labute approximate surface area is 188 Å². The van der Waals surface area contributed by atoms with E-state index < -0.39 is 40.6 Å². The summed E-state index contributed by atoms with van der Waals surface area (Å²) in [7, 11) is -4.25. The van der Waals surface area contributed by atoms with E-state index in [-0.39, 0.29) is 19.8 Å². The Balaban J connectivity index is 1.53. The van der Waals surface area contributed by atoms with E-state index >= 15 is 0 Å². The van der Waals surface area contributed by atoms with Gasteiger partial charge < -0.3 is 18.9 Å². The summed E-state index contributed by atoms with van der Waals surface area (Å²) in [6.07, 6.45) is -3.08. The zero-order valence-corrected chi connectivity index (χ0v) is 18.9. The van der Waals surface area contributed by atoms with Crippen molar-refractivity contribution < 1.29 is 35.7 Å². The fourth-order valence-electron chi connectivity index (χ4n) is 3.80. The van der Waals surface area contributed by atoms with Gasteiger partial charge in [-0.15, -0.1) is 0 Å². The van der Waals surface area contributed by atoms with Crippen molar-refractivity contribution in [2.75, 3.05) is 13.2 Å². The van der Waals surface area contributed by atoms with Crippen LogP contribution in [-0.2, 0) is 50.9 Å². The van der Waals surface area contributed by atoms with Crippen molar-refractivity contribution in [1.82, 2.24) is 0 Å². The minimum atomic E-state index is -4.25. The van der Waals surface area contributed by atoms with Crippen LogP contribution in [-0.4, -0.2) is 51.8 Å². The molecule has 4 unspecified atom stereocenters. The highest BCUT2D eigenvalue weighted by Crippen LogP contribution is 2.35. The largest absolute Gasteiger partial charge is 0.400 e. The van der Waals surface area contributed by atoms with Crippen LogP contribution in [0.5, 0.6) is 0 Å². The van der Waals surface area contributed by atoms with Crippen LogP contribution in [0, 0.1) is 0 Å². The molecule has 174 valence electrons. The summed E-state index contributed by atoms with van der Waals surface area (Å²) in [4.78, 5) is 0. The number of fused-ring (bicyclic) bond motifs is 1. The molecule has 2 aliphatic rings. The molecule has 8 nitrogen and oxygen atoms in total. The van der Waals surface area contributed by atoms with Gasteiger partial charge in [-0.05, 0) is 25.0 Å². The van der Waals surface area contributed by atoms with Crippen molar-refractivity contribution in [2.24, 2.45) is 0 Å². The number of rotatable bonds is 8. The maximum atomic E-state index is 12.3. The van der Waals surface area contributed by atoms with Gasteiger partial charge in [0.25, 0.3) is 0 Å². The van der Waals surface area contributed by atoms with Crippen LogP contribution in [0.15, 0.2) is 60.7 Å². The first-order valence-corrected chi connectivity index (χ1v) is 11.9. The normalized spacial score (nSPS) is 27.4. The smallest absolute Gasteiger partial charge is 0.374 e. The molecule has 2 aromatic rings. The summed E-state index contributed by atoms with van der Waals surface area (Å²) in [5.74, 6) is -0.906. The Kier molecular flexibility index (Phi) is 7.26.